The number of hydrogen-bond acceptors (Lipinski definition) is 4. The van der Waals surface area contributed by atoms with E-state index in [0.29, 0.717) is 30.9 Å². The summed E-state index contributed by atoms with van der Waals surface area (Å²) in [5, 5.41) is 8.60. The minimum Gasteiger partial charge on any atom is -0.334 e. The van der Waals surface area contributed by atoms with Crippen LogP contribution in [0.3, 0.4) is 0 Å². The number of hydroxylamine groups is 1. The van der Waals surface area contributed by atoms with Crippen LogP contribution in [-0.4, -0.2) is 38.0 Å². The van der Waals surface area contributed by atoms with Gasteiger partial charge < -0.3 is 9.47 Å². The molecule has 0 unspecified atom stereocenters. The molecule has 0 radical (unpaired) electrons. The molecule has 3 N–H and O–H groups in total. The first-order valence-corrected chi connectivity index (χ1v) is 4.95. The third kappa shape index (κ3) is 1.82. The van der Waals surface area contributed by atoms with Gasteiger partial charge in [-0.2, -0.15) is 0 Å². The van der Waals surface area contributed by atoms with Crippen molar-refractivity contribution in [2.24, 2.45) is 0 Å². The Morgan fingerprint density at radius 1 is 1.50 bits per heavy atom. The fourth-order valence-corrected chi connectivity index (χ4v) is 1.71. The van der Waals surface area contributed by atoms with E-state index in [2.05, 4.69) is 4.98 Å². The lowest BCUT2D eigenvalue weighted by Crippen LogP contribution is -2.84. The standard InChI is InChI=1S/C9H12N4O3/c1-6(14)12-2-3-13-4-7(9(15)11-16)10-8(13)5-12/h4,16H,2-3,5H2,1H3,(H,11,15)/p+1. The number of carbonyl (C=O) groups excluding carboxylic acids is 2. The number of primary amides is 1. The summed E-state index contributed by atoms with van der Waals surface area (Å²) in [4.78, 5) is 28.1. The molecule has 0 saturated carbocycles. The number of hydrogen-bond donors (Lipinski definition) is 2. The average Bonchev–Trinajstić information content (AvgIpc) is 2.70. The third-order valence-corrected chi connectivity index (χ3v) is 2.62. The predicted molar refractivity (Wildman–Crippen MR) is 51.4 cm³/mol. The highest BCUT2D eigenvalue weighted by Crippen LogP contribution is 2.12. The van der Waals surface area contributed by atoms with Crippen molar-refractivity contribution in [1.82, 2.24) is 14.5 Å². The van der Waals surface area contributed by atoms with Crippen LogP contribution in [-0.2, 0) is 17.9 Å². The van der Waals surface area contributed by atoms with E-state index < -0.39 is 5.91 Å². The Balaban J connectivity index is 2.23. The second-order valence-electron chi connectivity index (χ2n) is 3.67. The number of rotatable bonds is 1. The Kier molecular flexibility index (Phi) is 2.71. The van der Waals surface area contributed by atoms with Crippen LogP contribution in [0.1, 0.15) is 23.2 Å². The molecule has 7 heteroatoms. The van der Waals surface area contributed by atoms with E-state index in [4.69, 9.17) is 5.21 Å². The summed E-state index contributed by atoms with van der Waals surface area (Å²) in [6, 6.07) is 0. The monoisotopic (exact) mass is 225 g/mol. The molecule has 0 aliphatic carbocycles. The second-order valence-corrected chi connectivity index (χ2v) is 3.67. The summed E-state index contributed by atoms with van der Waals surface area (Å²) in [5.41, 5.74) is 0.708. The van der Waals surface area contributed by atoms with Crippen molar-refractivity contribution in [3.8, 4) is 0 Å². The van der Waals surface area contributed by atoms with Gasteiger partial charge in [0, 0.05) is 26.2 Å². The van der Waals surface area contributed by atoms with Crippen molar-refractivity contribution >= 4 is 11.8 Å². The summed E-state index contributed by atoms with van der Waals surface area (Å²) in [6.07, 6.45) is 1.60. The van der Waals surface area contributed by atoms with Gasteiger partial charge in [-0.3, -0.25) is 4.79 Å². The van der Waals surface area contributed by atoms with Crippen LogP contribution in [0.15, 0.2) is 6.20 Å². The molecule has 16 heavy (non-hydrogen) atoms. The van der Waals surface area contributed by atoms with Gasteiger partial charge in [-0.25, -0.2) is 15.0 Å². The van der Waals surface area contributed by atoms with E-state index >= 15 is 0 Å². The van der Waals surface area contributed by atoms with Crippen LogP contribution < -0.4 is 5.48 Å². The molecule has 0 saturated heterocycles. The molecule has 0 bridgehead atoms. The molecule has 86 valence electrons. The number of fused-ring (bicyclic) bond motifs is 1. The van der Waals surface area contributed by atoms with Crippen molar-refractivity contribution in [2.45, 2.75) is 20.0 Å². The summed E-state index contributed by atoms with van der Waals surface area (Å²) in [7, 11) is 0. The maximum atomic E-state index is 11.2. The fourth-order valence-electron chi connectivity index (χ4n) is 1.71. The van der Waals surface area contributed by atoms with Crippen LogP contribution in [0.25, 0.3) is 0 Å². The van der Waals surface area contributed by atoms with Gasteiger partial charge in [0.15, 0.2) is 5.69 Å². The van der Waals surface area contributed by atoms with Gasteiger partial charge in [0.2, 0.25) is 5.91 Å². The molecular formula is C9H13N4O3+. The average molecular weight is 225 g/mol. The van der Waals surface area contributed by atoms with Gasteiger partial charge in [-0.15, -0.1) is 5.48 Å². The number of aromatic nitrogens is 2. The molecule has 0 fully saturated rings. The van der Waals surface area contributed by atoms with E-state index in [0.717, 1.165) is 0 Å². The van der Waals surface area contributed by atoms with E-state index in [1.165, 1.54) is 6.92 Å². The Bertz CT molecular complexity index is 440. The number of quaternary nitrogens is 1. The molecule has 0 aromatic carbocycles. The number of nitrogens with zero attached hydrogens (tertiary/aromatic N) is 3. The Morgan fingerprint density at radius 2 is 2.25 bits per heavy atom. The minimum atomic E-state index is -0.517. The van der Waals surface area contributed by atoms with Crippen LogP contribution in [0.4, 0.5) is 0 Å². The molecule has 7 nitrogen and oxygen atoms in total. The summed E-state index contributed by atoms with van der Waals surface area (Å²) in [6.45, 7) is 3.16. The Hall–Kier alpha value is -1.73. The van der Waals surface area contributed by atoms with E-state index in [1.807, 2.05) is 4.57 Å². The Labute approximate surface area is 91.6 Å². The number of nitrogens with two attached hydrogens (primary N) is 1. The van der Waals surface area contributed by atoms with Crippen molar-refractivity contribution in [3.05, 3.63) is 17.7 Å². The Morgan fingerprint density at radius 3 is 2.88 bits per heavy atom. The first-order chi connectivity index (χ1) is 7.61. The normalized spacial score (nSPS) is 14.8. The number of amides is 2. The van der Waals surface area contributed by atoms with Crippen LogP contribution in [0.5, 0.6) is 0 Å². The molecule has 1 aliphatic heterocycles. The summed E-state index contributed by atoms with van der Waals surface area (Å²) >= 11 is 0. The van der Waals surface area contributed by atoms with Crippen LogP contribution in [0, 0.1) is 0 Å². The lowest BCUT2D eigenvalue weighted by Gasteiger charge is -2.26. The first kappa shape index (κ1) is 10.8. The molecule has 2 amide bonds. The smallest absolute Gasteiger partial charge is 0.334 e. The van der Waals surface area contributed by atoms with Gasteiger partial charge in [0.1, 0.15) is 5.82 Å². The number of imidazole rings is 1. The predicted octanol–water partition coefficient (Wildman–Crippen LogP) is -1.66. The van der Waals surface area contributed by atoms with Gasteiger partial charge >= 0.3 is 5.91 Å². The topological polar surface area (TPSA) is 92.0 Å². The van der Waals surface area contributed by atoms with Crippen LogP contribution in [0.2, 0.25) is 0 Å². The molecule has 0 spiro atoms. The quantitative estimate of drug-likeness (QED) is 0.442. The van der Waals surface area contributed by atoms with E-state index in [-0.39, 0.29) is 11.6 Å². The molecule has 1 aliphatic rings. The number of carbonyl (C=O) groups is 2. The largest absolute Gasteiger partial charge is 0.394 e. The third-order valence-electron chi connectivity index (χ3n) is 2.62. The maximum Gasteiger partial charge on any atom is 0.394 e. The van der Waals surface area contributed by atoms with Gasteiger partial charge in [-0.05, 0) is 0 Å². The summed E-state index contributed by atoms with van der Waals surface area (Å²) in [5.74, 6) is 0.152. The second kappa shape index (κ2) is 4.03. The molecule has 1 aromatic rings. The molecule has 2 rings (SSSR count). The zero-order chi connectivity index (χ0) is 11.7. The summed E-state index contributed by atoms with van der Waals surface area (Å²) < 4.78 is 1.83. The van der Waals surface area contributed by atoms with Gasteiger partial charge in [-0.1, -0.05) is 0 Å². The van der Waals surface area contributed by atoms with Crippen molar-refractivity contribution < 1.29 is 20.3 Å². The molecule has 0 atom stereocenters. The van der Waals surface area contributed by atoms with Gasteiger partial charge in [0.05, 0.1) is 6.54 Å². The maximum absolute atomic E-state index is 11.2. The lowest BCUT2D eigenvalue weighted by atomic mass is 10.3. The highest BCUT2D eigenvalue weighted by atomic mass is 16.5. The van der Waals surface area contributed by atoms with Crippen molar-refractivity contribution in [3.63, 3.8) is 0 Å². The molecule has 1 aromatic heterocycles. The van der Waals surface area contributed by atoms with Crippen molar-refractivity contribution in [1.29, 1.82) is 0 Å². The zero-order valence-corrected chi connectivity index (χ0v) is 8.88. The first-order valence-electron chi connectivity index (χ1n) is 4.95. The lowest BCUT2D eigenvalue weighted by molar-refractivity contribution is -0.809. The molecule has 2 heterocycles. The molecular weight excluding hydrogens is 212 g/mol. The zero-order valence-electron chi connectivity index (χ0n) is 8.88. The highest BCUT2D eigenvalue weighted by Gasteiger charge is 2.23. The van der Waals surface area contributed by atoms with E-state index in [9.17, 15) is 9.59 Å². The van der Waals surface area contributed by atoms with Crippen molar-refractivity contribution in [2.75, 3.05) is 6.54 Å². The minimum absolute atomic E-state index is 0.00385. The SMILES string of the molecule is CC(=O)N1CCn2cc(C(=O)[NH2+]O)nc2C1. The highest BCUT2D eigenvalue weighted by molar-refractivity contribution is 5.83. The van der Waals surface area contributed by atoms with Gasteiger partial charge in [0.25, 0.3) is 0 Å². The van der Waals surface area contributed by atoms with Crippen LogP contribution >= 0.6 is 0 Å². The fraction of sp³-hybridized carbons (Fsp3) is 0.444. The van der Waals surface area contributed by atoms with E-state index in [1.54, 1.807) is 11.1 Å².